The maximum atomic E-state index is 5.00. The van der Waals surface area contributed by atoms with Crippen molar-refractivity contribution in [3.63, 3.8) is 0 Å². The predicted molar refractivity (Wildman–Crippen MR) is 111 cm³/mol. The topological polar surface area (TPSA) is 42.7 Å². The van der Waals surface area contributed by atoms with Gasteiger partial charge in [0.15, 0.2) is 5.65 Å². The van der Waals surface area contributed by atoms with Crippen LogP contribution in [0.5, 0.6) is 0 Å². The van der Waals surface area contributed by atoms with Gasteiger partial charge in [0.05, 0.1) is 28.8 Å². The van der Waals surface area contributed by atoms with Crippen LogP contribution in [0.3, 0.4) is 0 Å². The summed E-state index contributed by atoms with van der Waals surface area (Å²) in [5, 5.41) is 10.6. The molecule has 4 nitrogen and oxygen atoms in total. The molecule has 136 valence electrons. The summed E-state index contributed by atoms with van der Waals surface area (Å²) >= 11 is 0. The lowest BCUT2D eigenvalue weighted by molar-refractivity contribution is 0.254. The van der Waals surface area contributed by atoms with Gasteiger partial charge in [0.1, 0.15) is 0 Å². The van der Waals surface area contributed by atoms with E-state index >= 15 is 0 Å². The number of nitrogens with zero attached hydrogens (tertiary/aromatic N) is 3. The highest BCUT2D eigenvalue weighted by molar-refractivity contribution is 6.07. The highest BCUT2D eigenvalue weighted by Gasteiger charge is 2.24. The second kappa shape index (κ2) is 7.10. The first-order chi connectivity index (χ1) is 12.7. The van der Waals surface area contributed by atoms with Crippen molar-refractivity contribution in [2.75, 3.05) is 11.9 Å². The fourth-order valence-corrected chi connectivity index (χ4v) is 4.36. The van der Waals surface area contributed by atoms with Crippen LogP contribution in [0.15, 0.2) is 31.0 Å². The van der Waals surface area contributed by atoms with Crippen LogP contribution in [0.25, 0.3) is 28.0 Å². The van der Waals surface area contributed by atoms with Crippen LogP contribution in [0, 0.1) is 5.92 Å². The fraction of sp³-hybridized carbons (Fsp3) is 0.455. The summed E-state index contributed by atoms with van der Waals surface area (Å²) in [5.74, 6) is 0.704. The molecule has 0 aliphatic heterocycles. The van der Waals surface area contributed by atoms with Crippen LogP contribution in [-0.4, -0.2) is 21.3 Å². The van der Waals surface area contributed by atoms with E-state index in [0.29, 0.717) is 12.0 Å². The van der Waals surface area contributed by atoms with Gasteiger partial charge in [-0.25, -0.2) is 9.67 Å². The number of pyridine rings is 1. The standard InChI is InChI=1S/C22H28N4/c1-4-16-11-12-20-18(13-16)21(23-5-2)19-14-24-26(22(19)25-20)15(3)17-9-7-6-8-10-17/h4,11-15,17H,1,5-10H2,2-3H3,(H,23,25)/t15-/m0/s1. The Morgan fingerprint density at radius 3 is 2.81 bits per heavy atom. The molecule has 1 N–H and O–H groups in total. The Labute approximate surface area is 155 Å². The van der Waals surface area contributed by atoms with Crippen molar-refractivity contribution in [3.8, 4) is 0 Å². The van der Waals surface area contributed by atoms with Crippen molar-refractivity contribution in [1.29, 1.82) is 0 Å². The van der Waals surface area contributed by atoms with Gasteiger partial charge in [0.25, 0.3) is 0 Å². The molecule has 4 rings (SSSR count). The summed E-state index contributed by atoms with van der Waals surface area (Å²) in [5.41, 5.74) is 4.26. The molecule has 0 saturated heterocycles. The molecule has 1 saturated carbocycles. The van der Waals surface area contributed by atoms with Crippen LogP contribution >= 0.6 is 0 Å². The molecule has 2 aromatic heterocycles. The van der Waals surface area contributed by atoms with Crippen molar-refractivity contribution in [2.24, 2.45) is 5.92 Å². The fourth-order valence-electron chi connectivity index (χ4n) is 4.36. The average Bonchev–Trinajstić information content (AvgIpc) is 3.11. The summed E-state index contributed by atoms with van der Waals surface area (Å²) in [4.78, 5) is 5.00. The lowest BCUT2D eigenvalue weighted by Crippen LogP contribution is -2.20. The molecule has 4 heteroatoms. The van der Waals surface area contributed by atoms with E-state index in [1.807, 2.05) is 12.3 Å². The highest BCUT2D eigenvalue weighted by atomic mass is 15.3. The third-order valence-electron chi connectivity index (χ3n) is 5.86. The molecule has 0 amide bonds. The molecule has 2 heterocycles. The van der Waals surface area contributed by atoms with Gasteiger partial charge < -0.3 is 5.32 Å². The highest BCUT2D eigenvalue weighted by Crippen LogP contribution is 2.36. The number of rotatable bonds is 5. The van der Waals surface area contributed by atoms with E-state index in [2.05, 4.69) is 48.6 Å². The lowest BCUT2D eigenvalue weighted by atomic mass is 9.84. The Hall–Kier alpha value is -2.36. The Bertz CT molecular complexity index is 934. The van der Waals surface area contributed by atoms with Crippen LogP contribution in [0.2, 0.25) is 0 Å². The van der Waals surface area contributed by atoms with E-state index in [1.54, 1.807) is 0 Å². The van der Waals surface area contributed by atoms with Gasteiger partial charge in [-0.05, 0) is 50.3 Å². The summed E-state index contributed by atoms with van der Waals surface area (Å²) in [6.07, 6.45) is 10.5. The van der Waals surface area contributed by atoms with E-state index in [9.17, 15) is 0 Å². The van der Waals surface area contributed by atoms with Crippen LogP contribution < -0.4 is 5.32 Å². The monoisotopic (exact) mass is 348 g/mol. The Morgan fingerprint density at radius 1 is 1.27 bits per heavy atom. The molecule has 3 aromatic rings. The van der Waals surface area contributed by atoms with Crippen molar-refractivity contribution in [2.45, 2.75) is 52.0 Å². The van der Waals surface area contributed by atoms with Crippen molar-refractivity contribution >= 4 is 33.7 Å². The zero-order chi connectivity index (χ0) is 18.1. The van der Waals surface area contributed by atoms with Gasteiger partial charge in [-0.2, -0.15) is 5.10 Å². The summed E-state index contributed by atoms with van der Waals surface area (Å²) in [6.45, 7) is 9.21. The second-order valence-electron chi connectivity index (χ2n) is 7.46. The molecular weight excluding hydrogens is 320 g/mol. The number of hydrogen-bond donors (Lipinski definition) is 1. The van der Waals surface area contributed by atoms with E-state index in [4.69, 9.17) is 10.1 Å². The third kappa shape index (κ3) is 2.87. The third-order valence-corrected chi connectivity index (χ3v) is 5.86. The first kappa shape index (κ1) is 17.1. The zero-order valence-electron chi connectivity index (χ0n) is 15.8. The number of benzene rings is 1. The molecule has 0 unspecified atom stereocenters. The molecule has 26 heavy (non-hydrogen) atoms. The lowest BCUT2D eigenvalue weighted by Gasteiger charge is -2.28. The van der Waals surface area contributed by atoms with E-state index in [1.165, 1.54) is 32.1 Å². The summed E-state index contributed by atoms with van der Waals surface area (Å²) < 4.78 is 2.16. The summed E-state index contributed by atoms with van der Waals surface area (Å²) in [6, 6.07) is 6.72. The van der Waals surface area contributed by atoms with Crippen molar-refractivity contribution < 1.29 is 0 Å². The Morgan fingerprint density at radius 2 is 2.08 bits per heavy atom. The second-order valence-corrected chi connectivity index (χ2v) is 7.46. The molecule has 1 aliphatic rings. The number of fused-ring (bicyclic) bond motifs is 2. The van der Waals surface area contributed by atoms with Gasteiger partial charge in [-0.1, -0.05) is 38.0 Å². The molecule has 0 bridgehead atoms. The zero-order valence-corrected chi connectivity index (χ0v) is 15.8. The van der Waals surface area contributed by atoms with Crippen molar-refractivity contribution in [3.05, 3.63) is 36.5 Å². The normalized spacial score (nSPS) is 16.8. The maximum absolute atomic E-state index is 5.00. The summed E-state index contributed by atoms with van der Waals surface area (Å²) in [7, 11) is 0. The molecule has 1 atom stereocenters. The minimum atomic E-state index is 0.389. The minimum Gasteiger partial charge on any atom is -0.384 e. The molecule has 1 aliphatic carbocycles. The van der Waals surface area contributed by atoms with Crippen LogP contribution in [0.1, 0.15) is 57.6 Å². The minimum absolute atomic E-state index is 0.389. The molecular formula is C22H28N4. The van der Waals surface area contributed by atoms with E-state index < -0.39 is 0 Å². The number of hydrogen-bond acceptors (Lipinski definition) is 3. The number of anilines is 1. The molecule has 0 radical (unpaired) electrons. The van der Waals surface area contributed by atoms with Gasteiger partial charge in [0, 0.05) is 11.9 Å². The molecule has 0 spiro atoms. The van der Waals surface area contributed by atoms with Gasteiger partial charge in [-0.3, -0.25) is 0 Å². The van der Waals surface area contributed by atoms with Crippen LogP contribution in [-0.2, 0) is 0 Å². The van der Waals surface area contributed by atoms with Crippen molar-refractivity contribution in [1.82, 2.24) is 14.8 Å². The first-order valence-electron chi connectivity index (χ1n) is 9.90. The molecule has 1 fully saturated rings. The van der Waals surface area contributed by atoms with Gasteiger partial charge >= 0.3 is 0 Å². The smallest absolute Gasteiger partial charge is 0.160 e. The number of aromatic nitrogens is 3. The first-order valence-corrected chi connectivity index (χ1v) is 9.90. The Balaban J connectivity index is 1.88. The number of nitrogens with one attached hydrogen (secondary N) is 1. The van der Waals surface area contributed by atoms with Crippen LogP contribution in [0.4, 0.5) is 5.69 Å². The van der Waals surface area contributed by atoms with E-state index in [0.717, 1.165) is 39.7 Å². The molecule has 1 aromatic carbocycles. The Kier molecular flexibility index (Phi) is 4.66. The SMILES string of the molecule is C=Cc1ccc2nc3c(cnn3[C@@H](C)C3CCCCC3)c(NCC)c2c1. The quantitative estimate of drug-likeness (QED) is 0.633. The largest absolute Gasteiger partial charge is 0.384 e. The van der Waals surface area contributed by atoms with Gasteiger partial charge in [0.2, 0.25) is 0 Å². The average molecular weight is 348 g/mol. The maximum Gasteiger partial charge on any atom is 0.160 e. The predicted octanol–water partition coefficient (Wildman–Crippen LogP) is 5.80. The van der Waals surface area contributed by atoms with E-state index in [-0.39, 0.29) is 0 Å². The van der Waals surface area contributed by atoms with Gasteiger partial charge in [-0.15, -0.1) is 0 Å².